The molecule has 1 rings (SSSR count). The van der Waals surface area contributed by atoms with Crippen LogP contribution in [0.2, 0.25) is 0 Å². The molecule has 19 heavy (non-hydrogen) atoms. The number of hydrogen-bond donors (Lipinski definition) is 2. The van der Waals surface area contributed by atoms with Crippen molar-refractivity contribution in [3.8, 4) is 5.75 Å². The second kappa shape index (κ2) is 8.18. The smallest absolute Gasteiger partial charge is 0.119 e. The monoisotopic (exact) mass is 265 g/mol. The van der Waals surface area contributed by atoms with Gasteiger partial charge in [0.2, 0.25) is 0 Å². The molecule has 0 amide bonds. The fraction of sp³-hybridized carbons (Fsp3) is 0.625. The molecule has 0 aliphatic rings. The summed E-state index contributed by atoms with van der Waals surface area (Å²) in [5.74, 6) is 1.36. The van der Waals surface area contributed by atoms with Crippen molar-refractivity contribution in [1.82, 2.24) is 5.32 Å². The summed E-state index contributed by atoms with van der Waals surface area (Å²) in [7, 11) is 0. The van der Waals surface area contributed by atoms with Gasteiger partial charge in [-0.1, -0.05) is 26.8 Å². The molecule has 0 fully saturated rings. The van der Waals surface area contributed by atoms with E-state index in [0.717, 1.165) is 18.7 Å². The first-order valence-corrected chi connectivity index (χ1v) is 7.16. The van der Waals surface area contributed by atoms with Crippen LogP contribution in [0.15, 0.2) is 18.2 Å². The van der Waals surface area contributed by atoms with Crippen molar-refractivity contribution >= 4 is 0 Å². The minimum absolute atomic E-state index is 0.331. The van der Waals surface area contributed by atoms with Crippen molar-refractivity contribution < 1.29 is 9.84 Å². The van der Waals surface area contributed by atoms with Crippen LogP contribution in [0.1, 0.15) is 44.2 Å². The number of ether oxygens (including phenoxy) is 1. The maximum Gasteiger partial charge on any atom is 0.119 e. The van der Waals surface area contributed by atoms with E-state index in [0.29, 0.717) is 19.1 Å². The van der Waals surface area contributed by atoms with Gasteiger partial charge in [-0.05, 0) is 49.1 Å². The molecule has 1 aromatic rings. The van der Waals surface area contributed by atoms with E-state index >= 15 is 0 Å². The van der Waals surface area contributed by atoms with E-state index in [9.17, 15) is 5.11 Å². The number of aliphatic hydroxyl groups is 1. The van der Waals surface area contributed by atoms with E-state index < -0.39 is 6.10 Å². The summed E-state index contributed by atoms with van der Waals surface area (Å²) in [5, 5.41) is 12.9. The summed E-state index contributed by atoms with van der Waals surface area (Å²) in [6.45, 7) is 10.4. The summed E-state index contributed by atoms with van der Waals surface area (Å²) in [6, 6.07) is 6.13. The first-order chi connectivity index (χ1) is 9.04. The van der Waals surface area contributed by atoms with E-state index in [4.69, 9.17) is 4.74 Å². The Kier molecular flexibility index (Phi) is 6.89. The zero-order chi connectivity index (χ0) is 14.3. The molecule has 3 nitrogen and oxygen atoms in total. The van der Waals surface area contributed by atoms with Crippen LogP contribution in [0, 0.1) is 6.92 Å². The van der Waals surface area contributed by atoms with Crippen LogP contribution in [-0.4, -0.2) is 30.9 Å². The number of aryl methyl sites for hydroxylation is 1. The second-order valence-corrected chi connectivity index (χ2v) is 5.34. The third-order valence-corrected chi connectivity index (χ3v) is 3.11. The van der Waals surface area contributed by atoms with Gasteiger partial charge in [-0.15, -0.1) is 0 Å². The lowest BCUT2D eigenvalue weighted by Crippen LogP contribution is -2.31. The Morgan fingerprint density at radius 3 is 2.63 bits per heavy atom. The van der Waals surface area contributed by atoms with Crippen molar-refractivity contribution in [1.29, 1.82) is 0 Å². The van der Waals surface area contributed by atoms with Gasteiger partial charge >= 0.3 is 0 Å². The quantitative estimate of drug-likeness (QED) is 0.710. The molecule has 2 N–H and O–H groups in total. The third-order valence-electron chi connectivity index (χ3n) is 3.11. The summed E-state index contributed by atoms with van der Waals surface area (Å²) in [4.78, 5) is 0. The van der Waals surface area contributed by atoms with Gasteiger partial charge in [0.1, 0.15) is 18.5 Å². The van der Waals surface area contributed by atoms with Crippen LogP contribution >= 0.6 is 0 Å². The molecular formula is C16H27NO2. The van der Waals surface area contributed by atoms with Crippen LogP contribution in [0.5, 0.6) is 5.75 Å². The van der Waals surface area contributed by atoms with Crippen LogP contribution in [0.3, 0.4) is 0 Å². The average molecular weight is 265 g/mol. The highest BCUT2D eigenvalue weighted by Gasteiger charge is 2.07. The molecular weight excluding hydrogens is 238 g/mol. The van der Waals surface area contributed by atoms with Crippen molar-refractivity contribution in [3.63, 3.8) is 0 Å². The van der Waals surface area contributed by atoms with E-state index in [1.807, 2.05) is 12.1 Å². The predicted octanol–water partition coefficient (Wildman–Crippen LogP) is 2.86. The lowest BCUT2D eigenvalue weighted by Gasteiger charge is -2.15. The molecule has 3 heteroatoms. The van der Waals surface area contributed by atoms with Gasteiger partial charge in [0.05, 0.1) is 0 Å². The summed E-state index contributed by atoms with van der Waals surface area (Å²) >= 11 is 0. The number of hydrogen-bond acceptors (Lipinski definition) is 3. The molecule has 0 aliphatic carbocycles. The lowest BCUT2D eigenvalue weighted by molar-refractivity contribution is 0.106. The van der Waals surface area contributed by atoms with Crippen LogP contribution in [0.4, 0.5) is 0 Å². The standard InChI is InChI=1S/C16H27NO2/c1-5-8-17-10-14(18)11-19-15-6-7-16(12(2)3)13(4)9-15/h6-7,9,12,14,17-18H,5,8,10-11H2,1-4H3. The molecule has 0 aliphatic heterocycles. The Hall–Kier alpha value is -1.06. The van der Waals surface area contributed by atoms with E-state index in [-0.39, 0.29) is 0 Å². The Bertz CT molecular complexity index is 377. The molecule has 0 radical (unpaired) electrons. The Balaban J connectivity index is 2.43. The largest absolute Gasteiger partial charge is 0.491 e. The number of nitrogens with one attached hydrogen (secondary N) is 1. The molecule has 0 spiro atoms. The van der Waals surface area contributed by atoms with Crippen molar-refractivity contribution in [3.05, 3.63) is 29.3 Å². The normalized spacial score (nSPS) is 12.7. The van der Waals surface area contributed by atoms with E-state index in [1.54, 1.807) is 0 Å². The summed E-state index contributed by atoms with van der Waals surface area (Å²) in [6.07, 6.45) is 0.611. The first-order valence-electron chi connectivity index (χ1n) is 7.16. The zero-order valence-corrected chi connectivity index (χ0v) is 12.6. The molecule has 0 aromatic heterocycles. The zero-order valence-electron chi connectivity index (χ0n) is 12.6. The topological polar surface area (TPSA) is 41.5 Å². The highest BCUT2D eigenvalue weighted by Crippen LogP contribution is 2.23. The molecule has 0 bridgehead atoms. The van der Waals surface area contributed by atoms with Crippen molar-refractivity contribution in [2.24, 2.45) is 0 Å². The number of rotatable bonds is 8. The molecule has 0 saturated carbocycles. The fourth-order valence-electron chi connectivity index (χ4n) is 2.08. The van der Waals surface area contributed by atoms with Gasteiger partial charge in [0.15, 0.2) is 0 Å². The Morgan fingerprint density at radius 2 is 2.05 bits per heavy atom. The van der Waals surface area contributed by atoms with Gasteiger partial charge in [-0.3, -0.25) is 0 Å². The molecule has 1 unspecified atom stereocenters. The van der Waals surface area contributed by atoms with Gasteiger partial charge < -0.3 is 15.2 Å². The van der Waals surface area contributed by atoms with Crippen LogP contribution < -0.4 is 10.1 Å². The maximum absolute atomic E-state index is 9.76. The minimum atomic E-state index is -0.461. The number of benzene rings is 1. The Morgan fingerprint density at radius 1 is 1.32 bits per heavy atom. The van der Waals surface area contributed by atoms with E-state index in [2.05, 4.69) is 39.1 Å². The third kappa shape index (κ3) is 5.62. The van der Waals surface area contributed by atoms with Crippen LogP contribution in [0.25, 0.3) is 0 Å². The summed E-state index contributed by atoms with van der Waals surface area (Å²) in [5.41, 5.74) is 2.59. The van der Waals surface area contributed by atoms with Gasteiger partial charge in [-0.2, -0.15) is 0 Å². The molecule has 0 saturated heterocycles. The number of aliphatic hydroxyl groups excluding tert-OH is 1. The minimum Gasteiger partial charge on any atom is -0.491 e. The first kappa shape index (κ1) is 16.0. The van der Waals surface area contributed by atoms with Gasteiger partial charge in [0.25, 0.3) is 0 Å². The highest BCUT2D eigenvalue weighted by atomic mass is 16.5. The van der Waals surface area contributed by atoms with Crippen LogP contribution in [-0.2, 0) is 0 Å². The average Bonchev–Trinajstić information content (AvgIpc) is 2.36. The predicted molar refractivity (Wildman–Crippen MR) is 79.9 cm³/mol. The fourth-order valence-corrected chi connectivity index (χ4v) is 2.08. The summed E-state index contributed by atoms with van der Waals surface area (Å²) < 4.78 is 5.62. The van der Waals surface area contributed by atoms with Crippen molar-refractivity contribution in [2.45, 2.75) is 46.1 Å². The van der Waals surface area contributed by atoms with Gasteiger partial charge in [0, 0.05) is 6.54 Å². The molecule has 1 atom stereocenters. The molecule has 1 aromatic carbocycles. The molecule has 0 heterocycles. The van der Waals surface area contributed by atoms with Crippen molar-refractivity contribution in [2.75, 3.05) is 19.7 Å². The Labute approximate surface area is 117 Å². The molecule has 108 valence electrons. The van der Waals surface area contributed by atoms with E-state index in [1.165, 1.54) is 11.1 Å². The highest BCUT2D eigenvalue weighted by molar-refractivity contribution is 5.36. The van der Waals surface area contributed by atoms with Gasteiger partial charge in [-0.25, -0.2) is 0 Å². The second-order valence-electron chi connectivity index (χ2n) is 5.34. The lowest BCUT2D eigenvalue weighted by atomic mass is 9.98. The SMILES string of the molecule is CCCNCC(O)COc1ccc(C(C)C)c(C)c1. The maximum atomic E-state index is 9.76.